The number of aryl methyl sites for hydroxylation is 2. The first kappa shape index (κ1) is 13.4. The minimum atomic E-state index is -0.476. The lowest BCUT2D eigenvalue weighted by atomic mass is 10.1. The van der Waals surface area contributed by atoms with Gasteiger partial charge < -0.3 is 9.88 Å². The van der Waals surface area contributed by atoms with Crippen LogP contribution in [0.25, 0.3) is 0 Å². The Morgan fingerprint density at radius 2 is 2.21 bits per heavy atom. The number of nitrogens with zero attached hydrogens (tertiary/aromatic N) is 2. The van der Waals surface area contributed by atoms with Crippen molar-refractivity contribution in [1.82, 2.24) is 4.57 Å². The molecule has 0 saturated carbocycles. The number of hydrogen-bond donors (Lipinski definition) is 1. The highest BCUT2D eigenvalue weighted by Gasteiger charge is 2.14. The topological polar surface area (TPSA) is 60.1 Å². The number of nitro benzene ring substituents is 1. The van der Waals surface area contributed by atoms with Crippen LogP contribution in [0.15, 0.2) is 30.6 Å². The van der Waals surface area contributed by atoms with Gasteiger partial charge >= 0.3 is 0 Å². The molecule has 0 aliphatic carbocycles. The van der Waals surface area contributed by atoms with Crippen molar-refractivity contribution in [2.75, 3.05) is 5.32 Å². The van der Waals surface area contributed by atoms with E-state index in [1.165, 1.54) is 6.07 Å². The molecule has 0 bridgehead atoms. The van der Waals surface area contributed by atoms with Crippen LogP contribution < -0.4 is 5.32 Å². The Hall–Kier alpha value is -2.01. The lowest BCUT2D eigenvalue weighted by molar-refractivity contribution is -0.384. The summed E-state index contributed by atoms with van der Waals surface area (Å²) >= 11 is 5.90. The van der Waals surface area contributed by atoms with Gasteiger partial charge in [-0.1, -0.05) is 11.6 Å². The lowest BCUT2D eigenvalue weighted by Gasteiger charge is -2.09. The Balaban J connectivity index is 2.17. The zero-order chi connectivity index (χ0) is 14.0. The van der Waals surface area contributed by atoms with Gasteiger partial charge in [0.15, 0.2) is 0 Å². The van der Waals surface area contributed by atoms with Crippen molar-refractivity contribution in [2.24, 2.45) is 7.05 Å². The summed E-state index contributed by atoms with van der Waals surface area (Å²) in [6, 6.07) is 5.09. The van der Waals surface area contributed by atoms with Crippen molar-refractivity contribution in [3.8, 4) is 0 Å². The summed E-state index contributed by atoms with van der Waals surface area (Å²) in [5.41, 5.74) is 2.67. The summed E-state index contributed by atoms with van der Waals surface area (Å²) < 4.78 is 1.96. The zero-order valence-corrected chi connectivity index (χ0v) is 11.4. The smallest absolute Gasteiger partial charge is 0.288 e. The highest BCUT2D eigenvalue weighted by atomic mass is 35.5. The maximum absolute atomic E-state index is 10.8. The molecule has 0 fully saturated rings. The standard InChI is InChI=1S/C13H14ClN3O2/c1-9-5-13(17(18)19)11(14)6-12(9)15-7-10-3-4-16(2)8-10/h3-6,8,15H,7H2,1-2H3. The molecule has 5 nitrogen and oxygen atoms in total. The van der Waals surface area contributed by atoms with E-state index in [9.17, 15) is 10.1 Å². The summed E-state index contributed by atoms with van der Waals surface area (Å²) in [5, 5.41) is 14.1. The Bertz CT molecular complexity index is 622. The van der Waals surface area contributed by atoms with Crippen LogP contribution in [0.5, 0.6) is 0 Å². The average Bonchev–Trinajstić information content (AvgIpc) is 2.75. The van der Waals surface area contributed by atoms with Crippen molar-refractivity contribution >= 4 is 23.0 Å². The predicted molar refractivity (Wildman–Crippen MR) is 75.6 cm³/mol. The van der Waals surface area contributed by atoms with E-state index in [1.54, 1.807) is 6.07 Å². The summed E-state index contributed by atoms with van der Waals surface area (Å²) in [5.74, 6) is 0. The number of anilines is 1. The van der Waals surface area contributed by atoms with Crippen LogP contribution in [0.3, 0.4) is 0 Å². The molecule has 0 unspecified atom stereocenters. The average molecular weight is 280 g/mol. The Morgan fingerprint density at radius 1 is 1.47 bits per heavy atom. The molecule has 0 atom stereocenters. The molecule has 0 radical (unpaired) electrons. The monoisotopic (exact) mass is 279 g/mol. The Kier molecular flexibility index (Phi) is 3.76. The van der Waals surface area contributed by atoms with Crippen molar-refractivity contribution in [3.05, 3.63) is 56.9 Å². The molecule has 6 heteroatoms. The predicted octanol–water partition coefficient (Wildman–Crippen LogP) is 3.51. The first-order chi connectivity index (χ1) is 8.97. The maximum atomic E-state index is 10.8. The fourth-order valence-corrected chi connectivity index (χ4v) is 2.09. The second-order valence-electron chi connectivity index (χ2n) is 4.41. The van der Waals surface area contributed by atoms with E-state index >= 15 is 0 Å². The molecule has 1 aromatic heterocycles. The summed E-state index contributed by atoms with van der Waals surface area (Å²) in [6.45, 7) is 2.46. The zero-order valence-electron chi connectivity index (χ0n) is 10.7. The van der Waals surface area contributed by atoms with Gasteiger partial charge in [-0.2, -0.15) is 0 Å². The van der Waals surface area contributed by atoms with Crippen molar-refractivity contribution in [3.63, 3.8) is 0 Å². The van der Waals surface area contributed by atoms with Gasteiger partial charge in [-0.25, -0.2) is 0 Å². The number of aromatic nitrogens is 1. The van der Waals surface area contributed by atoms with Crippen LogP contribution in [0, 0.1) is 17.0 Å². The van der Waals surface area contributed by atoms with Crippen molar-refractivity contribution in [2.45, 2.75) is 13.5 Å². The number of benzene rings is 1. The van der Waals surface area contributed by atoms with Gasteiger partial charge in [-0.3, -0.25) is 10.1 Å². The molecule has 0 amide bonds. The number of rotatable bonds is 4. The normalized spacial score (nSPS) is 10.5. The number of hydrogen-bond acceptors (Lipinski definition) is 3. The third kappa shape index (κ3) is 3.06. The fraction of sp³-hybridized carbons (Fsp3) is 0.231. The molecular formula is C13H14ClN3O2. The summed E-state index contributed by atoms with van der Waals surface area (Å²) in [4.78, 5) is 10.3. The van der Waals surface area contributed by atoms with E-state index in [1.807, 2.05) is 37.0 Å². The molecule has 100 valence electrons. The van der Waals surface area contributed by atoms with E-state index in [2.05, 4.69) is 5.32 Å². The maximum Gasteiger partial charge on any atom is 0.288 e. The van der Waals surface area contributed by atoms with Gasteiger partial charge in [0, 0.05) is 37.7 Å². The largest absolute Gasteiger partial charge is 0.381 e. The second-order valence-corrected chi connectivity index (χ2v) is 4.82. The van der Waals surface area contributed by atoms with E-state index in [-0.39, 0.29) is 10.7 Å². The summed E-state index contributed by atoms with van der Waals surface area (Å²) in [6.07, 6.45) is 3.97. The van der Waals surface area contributed by atoms with E-state index < -0.39 is 4.92 Å². The third-order valence-corrected chi connectivity index (χ3v) is 3.17. The summed E-state index contributed by atoms with van der Waals surface area (Å²) in [7, 11) is 1.96. The SMILES string of the molecule is Cc1cc([N+](=O)[O-])c(Cl)cc1NCc1ccn(C)c1. The molecular weight excluding hydrogens is 266 g/mol. The molecule has 19 heavy (non-hydrogen) atoms. The van der Waals surface area contributed by atoms with Crippen molar-refractivity contribution in [1.29, 1.82) is 0 Å². The molecule has 2 rings (SSSR count). The first-order valence-electron chi connectivity index (χ1n) is 5.76. The molecule has 2 aromatic rings. The molecule has 1 heterocycles. The van der Waals surface area contributed by atoms with E-state index in [0.717, 1.165) is 16.8 Å². The Labute approximate surface area is 116 Å². The molecule has 1 N–H and O–H groups in total. The third-order valence-electron chi connectivity index (χ3n) is 2.87. The second kappa shape index (κ2) is 5.32. The van der Waals surface area contributed by atoms with E-state index in [4.69, 9.17) is 11.6 Å². The molecule has 0 saturated heterocycles. The quantitative estimate of drug-likeness (QED) is 0.688. The van der Waals surface area contributed by atoms with Crippen LogP contribution in [-0.4, -0.2) is 9.49 Å². The van der Waals surface area contributed by atoms with Crippen LogP contribution in [0.2, 0.25) is 5.02 Å². The number of halogens is 1. The molecule has 0 aliphatic heterocycles. The van der Waals surface area contributed by atoms with Crippen LogP contribution >= 0.6 is 11.6 Å². The number of nitro groups is 1. The van der Waals surface area contributed by atoms with Gasteiger partial charge in [0.1, 0.15) is 5.02 Å². The van der Waals surface area contributed by atoms with E-state index in [0.29, 0.717) is 6.54 Å². The van der Waals surface area contributed by atoms with Crippen LogP contribution in [0.1, 0.15) is 11.1 Å². The van der Waals surface area contributed by atoms with Crippen LogP contribution in [-0.2, 0) is 13.6 Å². The van der Waals surface area contributed by atoms with Gasteiger partial charge in [0.25, 0.3) is 5.69 Å². The van der Waals surface area contributed by atoms with Gasteiger partial charge in [0.2, 0.25) is 0 Å². The number of nitrogens with one attached hydrogen (secondary N) is 1. The first-order valence-corrected chi connectivity index (χ1v) is 6.14. The van der Waals surface area contributed by atoms with Gasteiger partial charge in [0.05, 0.1) is 4.92 Å². The highest BCUT2D eigenvalue weighted by molar-refractivity contribution is 6.33. The van der Waals surface area contributed by atoms with Gasteiger partial charge in [-0.15, -0.1) is 0 Å². The minimum absolute atomic E-state index is 0.0653. The molecule has 0 spiro atoms. The lowest BCUT2D eigenvalue weighted by Crippen LogP contribution is -2.01. The molecule has 0 aliphatic rings. The minimum Gasteiger partial charge on any atom is -0.381 e. The van der Waals surface area contributed by atoms with Crippen LogP contribution in [0.4, 0.5) is 11.4 Å². The van der Waals surface area contributed by atoms with Crippen molar-refractivity contribution < 1.29 is 4.92 Å². The molecule has 1 aromatic carbocycles. The van der Waals surface area contributed by atoms with Gasteiger partial charge in [-0.05, 0) is 30.2 Å². The fourth-order valence-electron chi connectivity index (χ4n) is 1.86. The Morgan fingerprint density at radius 3 is 2.79 bits per heavy atom. The highest BCUT2D eigenvalue weighted by Crippen LogP contribution is 2.30.